The van der Waals surface area contributed by atoms with Crippen LogP contribution in [0.1, 0.15) is 30.0 Å². The number of rotatable bonds is 4. The number of fused-ring (bicyclic) bond motifs is 1. The molecule has 2 aromatic rings. The Balaban J connectivity index is 1.52. The van der Waals surface area contributed by atoms with E-state index in [0.717, 1.165) is 5.56 Å². The molecular formula is C20H26N4O4S. The average Bonchev–Trinajstić information content (AvgIpc) is 3.12. The third-order valence-electron chi connectivity index (χ3n) is 5.55. The molecule has 156 valence electrons. The first-order chi connectivity index (χ1) is 13.9. The lowest BCUT2D eigenvalue weighted by Gasteiger charge is -2.32. The van der Waals surface area contributed by atoms with E-state index in [9.17, 15) is 13.2 Å². The standard InChI is InChI=1S/C20H26N4O4S/c1-15-3-5-18(6-4-15)29(26,27)24-8-7-23-14-17(21-20(23)16(24)2)13-19(25)22-9-11-28-12-10-22/h3-6,14,16H,7-13H2,1-2H3. The SMILES string of the molecule is Cc1ccc(S(=O)(=O)N2CCn3cc(CC(=O)N4CCOCC4)nc3C2C)cc1. The summed E-state index contributed by atoms with van der Waals surface area (Å²) in [4.78, 5) is 19.2. The van der Waals surface area contributed by atoms with Crippen LogP contribution in [0.4, 0.5) is 0 Å². The zero-order valence-corrected chi connectivity index (χ0v) is 17.6. The molecule has 29 heavy (non-hydrogen) atoms. The minimum absolute atomic E-state index is 0.0283. The van der Waals surface area contributed by atoms with Gasteiger partial charge in [0.2, 0.25) is 15.9 Å². The van der Waals surface area contributed by atoms with Crippen molar-refractivity contribution in [3.8, 4) is 0 Å². The van der Waals surface area contributed by atoms with Crippen LogP contribution in [0.25, 0.3) is 0 Å². The molecule has 9 heteroatoms. The quantitative estimate of drug-likeness (QED) is 0.749. The highest BCUT2D eigenvalue weighted by atomic mass is 32.2. The van der Waals surface area contributed by atoms with E-state index in [1.807, 2.05) is 24.6 Å². The number of carbonyl (C=O) groups is 1. The zero-order valence-electron chi connectivity index (χ0n) is 16.7. The van der Waals surface area contributed by atoms with Gasteiger partial charge in [-0.3, -0.25) is 4.79 Å². The molecule has 2 aliphatic heterocycles. The fourth-order valence-electron chi connectivity index (χ4n) is 3.87. The zero-order chi connectivity index (χ0) is 20.6. The lowest BCUT2D eigenvalue weighted by molar-refractivity contribution is -0.134. The number of morpholine rings is 1. The number of sulfonamides is 1. The van der Waals surface area contributed by atoms with Crippen LogP contribution < -0.4 is 0 Å². The minimum atomic E-state index is -3.61. The molecule has 0 aliphatic carbocycles. The summed E-state index contributed by atoms with van der Waals surface area (Å²) in [6.45, 7) is 6.99. The Kier molecular flexibility index (Phi) is 5.46. The predicted molar refractivity (Wildman–Crippen MR) is 107 cm³/mol. The smallest absolute Gasteiger partial charge is 0.243 e. The Morgan fingerprint density at radius 3 is 2.52 bits per heavy atom. The molecule has 1 amide bonds. The molecule has 8 nitrogen and oxygen atoms in total. The normalized spacial score (nSPS) is 20.5. The first kappa shape index (κ1) is 20.1. The number of carbonyl (C=O) groups excluding carboxylic acids is 1. The molecule has 0 bridgehead atoms. The number of aromatic nitrogens is 2. The van der Waals surface area contributed by atoms with E-state index in [2.05, 4.69) is 4.98 Å². The van der Waals surface area contributed by atoms with E-state index in [0.29, 0.717) is 50.9 Å². The van der Waals surface area contributed by atoms with Crippen molar-refractivity contribution in [2.45, 2.75) is 37.8 Å². The Hall–Kier alpha value is -2.23. The topological polar surface area (TPSA) is 84.7 Å². The van der Waals surface area contributed by atoms with E-state index in [4.69, 9.17) is 4.74 Å². The molecule has 0 N–H and O–H groups in total. The van der Waals surface area contributed by atoms with Gasteiger partial charge >= 0.3 is 0 Å². The van der Waals surface area contributed by atoms with Gasteiger partial charge in [-0.2, -0.15) is 4.31 Å². The van der Waals surface area contributed by atoms with E-state index in [-0.39, 0.29) is 17.2 Å². The second kappa shape index (κ2) is 7.89. The van der Waals surface area contributed by atoms with Crippen molar-refractivity contribution in [1.82, 2.24) is 18.8 Å². The summed E-state index contributed by atoms with van der Waals surface area (Å²) < 4.78 is 35.0. The number of nitrogens with zero attached hydrogens (tertiary/aromatic N) is 4. The van der Waals surface area contributed by atoms with Gasteiger partial charge in [0.15, 0.2) is 0 Å². The summed E-state index contributed by atoms with van der Waals surface area (Å²) in [5.74, 6) is 0.706. The van der Waals surface area contributed by atoms with Gasteiger partial charge < -0.3 is 14.2 Å². The molecule has 0 saturated carbocycles. The molecule has 1 aromatic heterocycles. The van der Waals surface area contributed by atoms with Crippen molar-refractivity contribution < 1.29 is 17.9 Å². The largest absolute Gasteiger partial charge is 0.378 e. The maximum atomic E-state index is 13.1. The van der Waals surface area contributed by atoms with Crippen molar-refractivity contribution in [2.75, 3.05) is 32.8 Å². The molecule has 1 fully saturated rings. The third-order valence-corrected chi connectivity index (χ3v) is 7.53. The van der Waals surface area contributed by atoms with Crippen molar-refractivity contribution in [3.63, 3.8) is 0 Å². The van der Waals surface area contributed by atoms with E-state index < -0.39 is 16.1 Å². The van der Waals surface area contributed by atoms with Crippen LogP contribution in [-0.4, -0.2) is 65.9 Å². The van der Waals surface area contributed by atoms with Crippen LogP contribution in [0.5, 0.6) is 0 Å². The number of benzene rings is 1. The van der Waals surface area contributed by atoms with Gasteiger partial charge in [0.05, 0.1) is 36.3 Å². The molecule has 1 atom stereocenters. The lowest BCUT2D eigenvalue weighted by atomic mass is 10.2. The fourth-order valence-corrected chi connectivity index (χ4v) is 5.45. The molecule has 0 radical (unpaired) electrons. The summed E-state index contributed by atoms with van der Waals surface area (Å²) in [6, 6.07) is 6.49. The Bertz CT molecular complexity index is 994. The Labute approximate surface area is 171 Å². The van der Waals surface area contributed by atoms with Gasteiger partial charge in [-0.15, -0.1) is 0 Å². The molecular weight excluding hydrogens is 392 g/mol. The highest BCUT2D eigenvalue weighted by Crippen LogP contribution is 2.30. The number of hydrogen-bond donors (Lipinski definition) is 0. The van der Waals surface area contributed by atoms with Crippen LogP contribution in [0.2, 0.25) is 0 Å². The number of imidazole rings is 1. The van der Waals surface area contributed by atoms with Crippen molar-refractivity contribution in [3.05, 3.63) is 47.5 Å². The van der Waals surface area contributed by atoms with Crippen molar-refractivity contribution in [1.29, 1.82) is 0 Å². The number of hydrogen-bond acceptors (Lipinski definition) is 5. The van der Waals surface area contributed by atoms with Crippen LogP contribution in [0.3, 0.4) is 0 Å². The van der Waals surface area contributed by atoms with Crippen LogP contribution in [-0.2, 0) is 32.5 Å². The van der Waals surface area contributed by atoms with E-state index in [1.54, 1.807) is 29.2 Å². The molecule has 3 heterocycles. The minimum Gasteiger partial charge on any atom is -0.378 e. The first-order valence-electron chi connectivity index (χ1n) is 9.86. The first-order valence-corrected chi connectivity index (χ1v) is 11.3. The van der Waals surface area contributed by atoms with Crippen molar-refractivity contribution >= 4 is 15.9 Å². The van der Waals surface area contributed by atoms with Crippen LogP contribution >= 0.6 is 0 Å². The number of aryl methyl sites for hydroxylation is 1. The molecule has 4 rings (SSSR count). The molecule has 0 spiro atoms. The van der Waals surface area contributed by atoms with Gasteiger partial charge in [0.25, 0.3) is 0 Å². The highest BCUT2D eigenvalue weighted by molar-refractivity contribution is 7.89. The summed E-state index contributed by atoms with van der Waals surface area (Å²) in [6.07, 6.45) is 2.09. The van der Waals surface area contributed by atoms with Gasteiger partial charge in [-0.1, -0.05) is 17.7 Å². The van der Waals surface area contributed by atoms with E-state index in [1.165, 1.54) is 4.31 Å². The van der Waals surface area contributed by atoms with Gasteiger partial charge in [0, 0.05) is 32.4 Å². The average molecular weight is 419 g/mol. The fraction of sp³-hybridized carbons (Fsp3) is 0.500. The summed E-state index contributed by atoms with van der Waals surface area (Å²) in [5, 5.41) is 0. The predicted octanol–water partition coefficient (Wildman–Crippen LogP) is 1.36. The summed E-state index contributed by atoms with van der Waals surface area (Å²) in [7, 11) is -3.61. The third kappa shape index (κ3) is 3.94. The lowest BCUT2D eigenvalue weighted by Crippen LogP contribution is -2.41. The highest BCUT2D eigenvalue weighted by Gasteiger charge is 2.35. The Morgan fingerprint density at radius 2 is 1.83 bits per heavy atom. The maximum Gasteiger partial charge on any atom is 0.243 e. The molecule has 2 aliphatic rings. The second-order valence-electron chi connectivity index (χ2n) is 7.56. The van der Waals surface area contributed by atoms with Crippen LogP contribution in [0, 0.1) is 6.92 Å². The van der Waals surface area contributed by atoms with Crippen molar-refractivity contribution in [2.24, 2.45) is 0 Å². The van der Waals surface area contributed by atoms with E-state index >= 15 is 0 Å². The second-order valence-corrected chi connectivity index (χ2v) is 9.45. The summed E-state index contributed by atoms with van der Waals surface area (Å²) in [5.41, 5.74) is 1.69. The monoisotopic (exact) mass is 418 g/mol. The summed E-state index contributed by atoms with van der Waals surface area (Å²) >= 11 is 0. The van der Waals surface area contributed by atoms with Gasteiger partial charge in [-0.05, 0) is 26.0 Å². The molecule has 1 unspecified atom stereocenters. The molecule has 1 aromatic carbocycles. The van der Waals surface area contributed by atoms with Crippen LogP contribution in [0.15, 0.2) is 35.4 Å². The maximum absolute atomic E-state index is 13.1. The van der Waals surface area contributed by atoms with Gasteiger partial charge in [0.1, 0.15) is 5.82 Å². The number of ether oxygens (including phenoxy) is 1. The van der Waals surface area contributed by atoms with Gasteiger partial charge in [-0.25, -0.2) is 13.4 Å². The Morgan fingerprint density at radius 1 is 1.14 bits per heavy atom. The number of amides is 1. The molecule has 1 saturated heterocycles.